The SMILES string of the molecule is c1ccc(CN(NCc2cccc(-c3ccccc3)c2)n2c3ccccc3c3cc4oc5ccccc5c4cc32)cc1. The number of rotatable bonds is 7. The Kier molecular flexibility index (Phi) is 5.98. The lowest BCUT2D eigenvalue weighted by molar-refractivity contribution is 0.492. The lowest BCUT2D eigenvalue weighted by Crippen LogP contribution is -2.45. The molecule has 2 heterocycles. The molecule has 8 rings (SSSR count). The van der Waals surface area contributed by atoms with Crippen LogP contribution in [0, 0.1) is 0 Å². The Hall–Kier alpha value is -5.32. The van der Waals surface area contributed by atoms with Gasteiger partial charge in [-0.1, -0.05) is 115 Å². The van der Waals surface area contributed by atoms with E-state index in [2.05, 4.69) is 149 Å². The summed E-state index contributed by atoms with van der Waals surface area (Å²) in [4.78, 5) is 0. The third kappa shape index (κ3) is 4.30. The van der Waals surface area contributed by atoms with Gasteiger partial charge in [0.05, 0.1) is 17.6 Å². The number of hydrogen-bond acceptors (Lipinski definition) is 3. The molecule has 0 aliphatic heterocycles. The fourth-order valence-electron chi connectivity index (χ4n) is 6.05. The molecule has 0 saturated heterocycles. The van der Waals surface area contributed by atoms with Crippen LogP contribution in [0.25, 0.3) is 54.9 Å². The zero-order chi connectivity index (χ0) is 27.9. The maximum atomic E-state index is 6.29. The normalized spacial score (nSPS) is 11.6. The lowest BCUT2D eigenvalue weighted by Gasteiger charge is -2.29. The maximum Gasteiger partial charge on any atom is 0.136 e. The average molecular weight is 544 g/mol. The van der Waals surface area contributed by atoms with Gasteiger partial charge >= 0.3 is 0 Å². The van der Waals surface area contributed by atoms with E-state index < -0.39 is 0 Å². The standard InChI is InChI=1S/C38H29N3O/c1-3-12-27(13-4-1)26-40(39-25-28-14-11-17-30(22-28)29-15-5-2-6-16-29)41-35-20-9-7-18-31(35)33-24-38-34(23-36(33)41)32-19-8-10-21-37(32)42-38/h1-24,39H,25-26H2. The number of para-hydroxylation sites is 2. The first-order valence-corrected chi connectivity index (χ1v) is 14.4. The van der Waals surface area contributed by atoms with E-state index in [-0.39, 0.29) is 0 Å². The number of aromatic nitrogens is 1. The smallest absolute Gasteiger partial charge is 0.136 e. The Morgan fingerprint density at radius 2 is 1.19 bits per heavy atom. The molecule has 0 atom stereocenters. The zero-order valence-electron chi connectivity index (χ0n) is 23.1. The van der Waals surface area contributed by atoms with Crippen LogP contribution in [0.4, 0.5) is 0 Å². The predicted molar refractivity (Wildman–Crippen MR) is 174 cm³/mol. The molecule has 4 nitrogen and oxygen atoms in total. The van der Waals surface area contributed by atoms with E-state index in [1.54, 1.807) is 0 Å². The van der Waals surface area contributed by atoms with Crippen LogP contribution in [0.1, 0.15) is 11.1 Å². The largest absolute Gasteiger partial charge is 0.456 e. The molecule has 202 valence electrons. The molecule has 2 aromatic heterocycles. The monoisotopic (exact) mass is 543 g/mol. The summed E-state index contributed by atoms with van der Waals surface area (Å²) < 4.78 is 8.62. The summed E-state index contributed by atoms with van der Waals surface area (Å²) in [7, 11) is 0. The van der Waals surface area contributed by atoms with Crippen molar-refractivity contribution in [3.05, 3.63) is 157 Å². The molecule has 0 unspecified atom stereocenters. The van der Waals surface area contributed by atoms with Crippen LogP contribution in [0.15, 0.2) is 150 Å². The molecule has 42 heavy (non-hydrogen) atoms. The number of fused-ring (bicyclic) bond motifs is 6. The minimum Gasteiger partial charge on any atom is -0.456 e. The second kappa shape index (κ2) is 10.3. The second-order valence-corrected chi connectivity index (χ2v) is 10.7. The van der Waals surface area contributed by atoms with Gasteiger partial charge < -0.3 is 4.42 Å². The van der Waals surface area contributed by atoms with Gasteiger partial charge in [0.2, 0.25) is 0 Å². The van der Waals surface area contributed by atoms with Gasteiger partial charge in [0.25, 0.3) is 0 Å². The average Bonchev–Trinajstić information content (AvgIpc) is 3.58. The molecule has 0 saturated carbocycles. The Labute approximate surface area is 244 Å². The molecule has 1 N–H and O–H groups in total. The fourth-order valence-corrected chi connectivity index (χ4v) is 6.05. The Morgan fingerprint density at radius 3 is 2.05 bits per heavy atom. The van der Waals surface area contributed by atoms with Crippen molar-refractivity contribution >= 4 is 43.7 Å². The number of benzene rings is 6. The third-order valence-electron chi connectivity index (χ3n) is 8.06. The quantitative estimate of drug-likeness (QED) is 0.203. The van der Waals surface area contributed by atoms with Crippen molar-refractivity contribution in [1.29, 1.82) is 0 Å². The van der Waals surface area contributed by atoms with E-state index in [1.165, 1.54) is 33.0 Å². The summed E-state index contributed by atoms with van der Waals surface area (Å²) in [5, 5.41) is 6.87. The van der Waals surface area contributed by atoms with Crippen molar-refractivity contribution in [1.82, 2.24) is 10.1 Å². The number of nitrogens with zero attached hydrogens (tertiary/aromatic N) is 2. The van der Waals surface area contributed by atoms with E-state index in [0.29, 0.717) is 13.1 Å². The molecule has 0 fully saturated rings. The van der Waals surface area contributed by atoms with Gasteiger partial charge in [-0.15, -0.1) is 0 Å². The van der Waals surface area contributed by atoms with Crippen LogP contribution >= 0.6 is 0 Å². The van der Waals surface area contributed by atoms with E-state index in [9.17, 15) is 0 Å². The highest BCUT2D eigenvalue weighted by molar-refractivity contribution is 6.16. The van der Waals surface area contributed by atoms with Crippen LogP contribution in [-0.4, -0.2) is 4.68 Å². The van der Waals surface area contributed by atoms with Gasteiger partial charge in [-0.05, 0) is 52.6 Å². The van der Waals surface area contributed by atoms with E-state index in [0.717, 1.165) is 33.0 Å². The molecule has 0 aliphatic rings. The number of furan rings is 1. The Bertz CT molecular complexity index is 2180. The lowest BCUT2D eigenvalue weighted by atomic mass is 10.0. The first kappa shape index (κ1) is 24.5. The van der Waals surface area contributed by atoms with Crippen LogP contribution in [-0.2, 0) is 13.1 Å². The highest BCUT2D eigenvalue weighted by Gasteiger charge is 2.19. The number of nitrogens with one attached hydrogen (secondary N) is 1. The van der Waals surface area contributed by atoms with Crippen molar-refractivity contribution < 1.29 is 4.42 Å². The molecule has 6 aromatic carbocycles. The molecule has 0 aliphatic carbocycles. The van der Waals surface area contributed by atoms with Crippen molar-refractivity contribution in [2.45, 2.75) is 13.1 Å². The van der Waals surface area contributed by atoms with Crippen LogP contribution in [0.2, 0.25) is 0 Å². The van der Waals surface area contributed by atoms with E-state index in [1.807, 2.05) is 12.1 Å². The Morgan fingerprint density at radius 1 is 0.500 bits per heavy atom. The van der Waals surface area contributed by atoms with Crippen molar-refractivity contribution in [3.8, 4) is 11.1 Å². The minimum atomic E-state index is 0.679. The van der Waals surface area contributed by atoms with Crippen LogP contribution in [0.5, 0.6) is 0 Å². The van der Waals surface area contributed by atoms with Crippen LogP contribution < -0.4 is 10.5 Å². The number of hydrazine groups is 1. The van der Waals surface area contributed by atoms with Gasteiger partial charge in [-0.25, -0.2) is 15.2 Å². The fraction of sp³-hybridized carbons (Fsp3) is 0.0526. The molecule has 8 aromatic rings. The van der Waals surface area contributed by atoms with Crippen LogP contribution in [0.3, 0.4) is 0 Å². The van der Waals surface area contributed by atoms with Gasteiger partial charge in [0, 0.05) is 28.1 Å². The number of hydrogen-bond donors (Lipinski definition) is 1. The van der Waals surface area contributed by atoms with Gasteiger partial charge in [0.1, 0.15) is 11.2 Å². The topological polar surface area (TPSA) is 33.3 Å². The summed E-state index contributed by atoms with van der Waals surface area (Å²) in [5.41, 5.74) is 12.8. The highest BCUT2D eigenvalue weighted by atomic mass is 16.3. The highest BCUT2D eigenvalue weighted by Crippen LogP contribution is 2.37. The third-order valence-corrected chi connectivity index (χ3v) is 8.06. The maximum absolute atomic E-state index is 6.29. The summed E-state index contributed by atoms with van der Waals surface area (Å²) in [6.07, 6.45) is 0. The minimum absolute atomic E-state index is 0.679. The van der Waals surface area contributed by atoms with Gasteiger partial charge in [0.15, 0.2) is 0 Å². The summed E-state index contributed by atoms with van der Waals surface area (Å²) in [6, 6.07) is 51.3. The van der Waals surface area contributed by atoms with Crippen molar-refractivity contribution in [3.63, 3.8) is 0 Å². The van der Waals surface area contributed by atoms with Crippen molar-refractivity contribution in [2.75, 3.05) is 5.12 Å². The van der Waals surface area contributed by atoms with Gasteiger partial charge in [-0.2, -0.15) is 0 Å². The molecular formula is C38H29N3O. The Balaban J connectivity index is 1.27. The molecular weight excluding hydrogens is 514 g/mol. The van der Waals surface area contributed by atoms with E-state index in [4.69, 9.17) is 4.42 Å². The second-order valence-electron chi connectivity index (χ2n) is 10.7. The summed E-state index contributed by atoms with van der Waals surface area (Å²) in [5.74, 6) is 0. The molecule has 4 heteroatoms. The molecule has 0 spiro atoms. The molecule has 0 radical (unpaired) electrons. The summed E-state index contributed by atoms with van der Waals surface area (Å²) in [6.45, 7) is 1.37. The molecule has 0 amide bonds. The van der Waals surface area contributed by atoms with Crippen molar-refractivity contribution in [2.24, 2.45) is 0 Å². The summed E-state index contributed by atoms with van der Waals surface area (Å²) >= 11 is 0. The molecule has 0 bridgehead atoms. The van der Waals surface area contributed by atoms with E-state index >= 15 is 0 Å². The first-order chi connectivity index (χ1) is 20.8. The predicted octanol–water partition coefficient (Wildman–Crippen LogP) is 9.20. The zero-order valence-corrected chi connectivity index (χ0v) is 23.1. The first-order valence-electron chi connectivity index (χ1n) is 14.4. The van der Waals surface area contributed by atoms with Gasteiger partial charge in [-0.3, -0.25) is 0 Å².